The van der Waals surface area contributed by atoms with Gasteiger partial charge in [0, 0.05) is 11.9 Å². The molecule has 0 saturated carbocycles. The summed E-state index contributed by atoms with van der Waals surface area (Å²) in [6.07, 6.45) is 1.52. The summed E-state index contributed by atoms with van der Waals surface area (Å²) in [5.41, 5.74) is 2.41. The Labute approximate surface area is 118 Å². The lowest BCUT2D eigenvalue weighted by molar-refractivity contribution is -0.120. The number of carbonyl (C=O) groups is 1. The number of halogens is 1. The number of rotatable bonds is 6. The van der Waals surface area contributed by atoms with Crippen molar-refractivity contribution in [2.75, 3.05) is 11.9 Å². The lowest BCUT2D eigenvalue weighted by atomic mass is 9.90. The molecule has 100 valence electrons. The molecule has 0 aliphatic heterocycles. The summed E-state index contributed by atoms with van der Waals surface area (Å²) >= 11 is 3.44. The minimum absolute atomic E-state index is 0.100. The van der Waals surface area contributed by atoms with Gasteiger partial charge in [0.1, 0.15) is 0 Å². The third-order valence-electron chi connectivity index (χ3n) is 2.98. The van der Waals surface area contributed by atoms with Crippen LogP contribution in [-0.4, -0.2) is 17.8 Å². The van der Waals surface area contributed by atoms with Gasteiger partial charge in [0.25, 0.3) is 0 Å². The Balaban J connectivity index is 2.43. The fraction of sp³-hybridized carbons (Fsp3) is 0.533. The van der Waals surface area contributed by atoms with Crippen molar-refractivity contribution < 1.29 is 4.79 Å². The van der Waals surface area contributed by atoms with E-state index in [9.17, 15) is 4.79 Å². The molecule has 0 radical (unpaired) electrons. The molecule has 0 unspecified atom stereocenters. The van der Waals surface area contributed by atoms with Crippen LogP contribution in [-0.2, 0) is 11.2 Å². The number of alkyl halides is 1. The fourth-order valence-corrected chi connectivity index (χ4v) is 2.83. The lowest BCUT2D eigenvalue weighted by Crippen LogP contribution is -2.35. The van der Waals surface area contributed by atoms with Crippen LogP contribution in [0.5, 0.6) is 0 Å². The number of amides is 1. The zero-order chi connectivity index (χ0) is 13.6. The highest BCUT2D eigenvalue weighted by Crippen LogP contribution is 2.19. The molecule has 0 heterocycles. The number of aryl methyl sites for hydroxylation is 1. The number of nitrogens with one attached hydrogen (secondary N) is 1. The lowest BCUT2D eigenvalue weighted by Gasteiger charge is -2.23. The topological polar surface area (TPSA) is 29.1 Å². The van der Waals surface area contributed by atoms with E-state index < -0.39 is 0 Å². The zero-order valence-corrected chi connectivity index (χ0v) is 13.0. The molecule has 18 heavy (non-hydrogen) atoms. The van der Waals surface area contributed by atoms with Gasteiger partial charge in [-0.1, -0.05) is 59.6 Å². The van der Waals surface area contributed by atoms with Crippen LogP contribution in [0.3, 0.4) is 0 Å². The molecule has 0 saturated heterocycles. The smallest absolute Gasteiger partial charge is 0.224 e. The first-order valence-corrected chi connectivity index (χ1v) is 7.43. The summed E-state index contributed by atoms with van der Waals surface area (Å²) in [6, 6.07) is 8.09. The summed E-state index contributed by atoms with van der Waals surface area (Å²) in [5, 5.41) is 3.98. The molecule has 0 atom stereocenters. The van der Waals surface area contributed by atoms with E-state index in [0.29, 0.717) is 6.42 Å². The van der Waals surface area contributed by atoms with Crippen LogP contribution in [0, 0.1) is 12.3 Å². The molecule has 0 aliphatic rings. The number of carbonyl (C=O) groups excluding carboxylic acids is 1. The van der Waals surface area contributed by atoms with Gasteiger partial charge in [-0.25, -0.2) is 0 Å². The summed E-state index contributed by atoms with van der Waals surface area (Å²) in [5.74, 6) is 0.100. The highest BCUT2D eigenvalue weighted by molar-refractivity contribution is 9.09. The number of hydrogen-bond acceptors (Lipinski definition) is 1. The van der Waals surface area contributed by atoms with E-state index in [4.69, 9.17) is 0 Å². The molecule has 1 amide bonds. The zero-order valence-electron chi connectivity index (χ0n) is 11.4. The number of benzene rings is 1. The Hall–Kier alpha value is -0.830. The van der Waals surface area contributed by atoms with Crippen molar-refractivity contribution in [2.24, 2.45) is 5.41 Å². The minimum atomic E-state index is 0.100. The van der Waals surface area contributed by atoms with E-state index in [-0.39, 0.29) is 11.3 Å². The molecule has 0 fully saturated rings. The van der Waals surface area contributed by atoms with Crippen molar-refractivity contribution >= 4 is 21.8 Å². The van der Waals surface area contributed by atoms with Crippen molar-refractivity contribution in [3.8, 4) is 0 Å². The maximum Gasteiger partial charge on any atom is 0.224 e. The van der Waals surface area contributed by atoms with Gasteiger partial charge in [0.05, 0.1) is 6.42 Å². The third-order valence-corrected chi connectivity index (χ3v) is 3.38. The van der Waals surface area contributed by atoms with Crippen molar-refractivity contribution in [3.05, 3.63) is 35.4 Å². The van der Waals surface area contributed by atoms with E-state index in [2.05, 4.69) is 41.2 Å². The third kappa shape index (κ3) is 5.67. The van der Waals surface area contributed by atoms with Gasteiger partial charge in [-0.15, -0.1) is 0 Å². The Kier molecular flexibility index (Phi) is 5.86. The highest BCUT2D eigenvalue weighted by Gasteiger charge is 2.17. The van der Waals surface area contributed by atoms with E-state index in [1.807, 2.05) is 25.1 Å². The van der Waals surface area contributed by atoms with Gasteiger partial charge < -0.3 is 5.32 Å². The van der Waals surface area contributed by atoms with Crippen molar-refractivity contribution in [1.29, 1.82) is 0 Å². The SMILES string of the molecule is Cc1cccc(CC(=O)NCC(C)(C)CCBr)c1. The second-order valence-electron chi connectivity index (χ2n) is 5.55. The number of hydrogen-bond donors (Lipinski definition) is 1. The maximum atomic E-state index is 11.9. The minimum Gasteiger partial charge on any atom is -0.355 e. The van der Waals surface area contributed by atoms with Crippen LogP contribution in [0.15, 0.2) is 24.3 Å². The largest absolute Gasteiger partial charge is 0.355 e. The summed E-state index contributed by atoms with van der Waals surface area (Å²) in [7, 11) is 0. The molecule has 0 bridgehead atoms. The maximum absolute atomic E-state index is 11.9. The molecule has 0 aliphatic carbocycles. The molecule has 1 rings (SSSR count). The first-order valence-electron chi connectivity index (χ1n) is 6.31. The van der Waals surface area contributed by atoms with Crippen LogP contribution in [0.1, 0.15) is 31.4 Å². The van der Waals surface area contributed by atoms with E-state index in [0.717, 1.165) is 23.9 Å². The van der Waals surface area contributed by atoms with Gasteiger partial charge in [-0.2, -0.15) is 0 Å². The van der Waals surface area contributed by atoms with Crippen molar-refractivity contribution in [3.63, 3.8) is 0 Å². The predicted octanol–water partition coefficient (Wildman–Crippen LogP) is 3.46. The summed E-state index contributed by atoms with van der Waals surface area (Å²) in [4.78, 5) is 11.9. The average molecular weight is 312 g/mol. The van der Waals surface area contributed by atoms with E-state index in [1.165, 1.54) is 5.56 Å². The van der Waals surface area contributed by atoms with Crippen LogP contribution < -0.4 is 5.32 Å². The van der Waals surface area contributed by atoms with Crippen LogP contribution >= 0.6 is 15.9 Å². The van der Waals surface area contributed by atoms with Crippen LogP contribution in [0.2, 0.25) is 0 Å². The van der Waals surface area contributed by atoms with Gasteiger partial charge in [-0.05, 0) is 24.3 Å². The van der Waals surface area contributed by atoms with Crippen LogP contribution in [0.25, 0.3) is 0 Å². The molecular weight excluding hydrogens is 290 g/mol. The first kappa shape index (κ1) is 15.2. The molecular formula is C15H22BrNO. The van der Waals surface area contributed by atoms with E-state index in [1.54, 1.807) is 0 Å². The Morgan fingerprint density at radius 3 is 2.72 bits per heavy atom. The first-order chi connectivity index (χ1) is 8.43. The molecule has 2 nitrogen and oxygen atoms in total. The second kappa shape index (κ2) is 6.93. The Bertz CT molecular complexity index is 401. The predicted molar refractivity (Wildman–Crippen MR) is 80.1 cm³/mol. The molecule has 0 aromatic heterocycles. The van der Waals surface area contributed by atoms with Gasteiger partial charge in [-0.3, -0.25) is 4.79 Å². The summed E-state index contributed by atoms with van der Waals surface area (Å²) < 4.78 is 0. The summed E-state index contributed by atoms with van der Waals surface area (Å²) in [6.45, 7) is 7.10. The van der Waals surface area contributed by atoms with Crippen molar-refractivity contribution in [1.82, 2.24) is 5.32 Å². The molecule has 1 N–H and O–H groups in total. The molecule has 1 aromatic rings. The Morgan fingerprint density at radius 2 is 2.11 bits per heavy atom. The molecule has 1 aromatic carbocycles. The standard InChI is InChI=1S/C15H22BrNO/c1-12-5-4-6-13(9-12)10-14(18)17-11-15(2,3)7-8-16/h4-6,9H,7-8,10-11H2,1-3H3,(H,17,18). The fourth-order valence-electron chi connectivity index (χ4n) is 1.75. The quantitative estimate of drug-likeness (QED) is 0.801. The monoisotopic (exact) mass is 311 g/mol. The Morgan fingerprint density at radius 1 is 1.39 bits per heavy atom. The molecule has 0 spiro atoms. The van der Waals surface area contributed by atoms with Crippen LogP contribution in [0.4, 0.5) is 0 Å². The normalized spacial score (nSPS) is 11.3. The van der Waals surface area contributed by atoms with Gasteiger partial charge in [0.2, 0.25) is 5.91 Å². The van der Waals surface area contributed by atoms with E-state index >= 15 is 0 Å². The highest BCUT2D eigenvalue weighted by atomic mass is 79.9. The second-order valence-corrected chi connectivity index (χ2v) is 6.34. The van der Waals surface area contributed by atoms with Gasteiger partial charge >= 0.3 is 0 Å². The van der Waals surface area contributed by atoms with Crippen molar-refractivity contribution in [2.45, 2.75) is 33.6 Å². The molecule has 3 heteroatoms. The average Bonchev–Trinajstić information content (AvgIpc) is 2.26. The van der Waals surface area contributed by atoms with Gasteiger partial charge in [0.15, 0.2) is 0 Å².